The Morgan fingerprint density at radius 1 is 1.37 bits per heavy atom. The molecule has 1 aliphatic carbocycles. The van der Waals surface area contributed by atoms with Gasteiger partial charge in [0.05, 0.1) is 5.69 Å². The molecule has 3 rings (SSSR count). The van der Waals surface area contributed by atoms with Crippen LogP contribution < -0.4 is 10.2 Å². The van der Waals surface area contributed by atoms with Gasteiger partial charge in [-0.2, -0.15) is 0 Å². The Morgan fingerprint density at radius 3 is 2.84 bits per heavy atom. The molecule has 1 aromatic rings. The van der Waals surface area contributed by atoms with Gasteiger partial charge in [-0.3, -0.25) is 0 Å². The highest BCUT2D eigenvalue weighted by atomic mass is 15.3. The van der Waals surface area contributed by atoms with Crippen LogP contribution in [0, 0.1) is 0 Å². The summed E-state index contributed by atoms with van der Waals surface area (Å²) in [5.74, 6) is 1.22. The van der Waals surface area contributed by atoms with Crippen molar-refractivity contribution in [1.29, 1.82) is 0 Å². The molecule has 0 unspecified atom stereocenters. The van der Waals surface area contributed by atoms with Crippen LogP contribution in [0.5, 0.6) is 0 Å². The van der Waals surface area contributed by atoms with E-state index in [-0.39, 0.29) is 0 Å². The fourth-order valence-corrected chi connectivity index (χ4v) is 3.40. The number of rotatable bonds is 3. The zero-order chi connectivity index (χ0) is 13.2. The Bertz CT molecular complexity index is 420. The lowest BCUT2D eigenvalue weighted by Gasteiger charge is -2.33. The molecule has 1 aliphatic heterocycles. The van der Waals surface area contributed by atoms with Crippen LogP contribution in [0.2, 0.25) is 0 Å². The maximum atomic E-state index is 4.89. The first-order valence-electron chi connectivity index (χ1n) is 7.84. The topological polar surface area (TPSA) is 33.1 Å². The van der Waals surface area contributed by atoms with Crippen molar-refractivity contribution in [3.05, 3.63) is 11.9 Å². The second-order valence-electron chi connectivity index (χ2n) is 6.03. The fraction of sp³-hybridized carbons (Fsp3) is 0.800. The van der Waals surface area contributed by atoms with E-state index in [0.717, 1.165) is 26.1 Å². The van der Waals surface area contributed by atoms with E-state index in [4.69, 9.17) is 4.98 Å². The van der Waals surface area contributed by atoms with Crippen LogP contribution in [-0.4, -0.2) is 35.2 Å². The van der Waals surface area contributed by atoms with E-state index < -0.39 is 0 Å². The minimum Gasteiger partial charge on any atom is -0.339 e. The van der Waals surface area contributed by atoms with Crippen molar-refractivity contribution in [3.8, 4) is 0 Å². The third-order valence-corrected chi connectivity index (χ3v) is 4.49. The first-order valence-corrected chi connectivity index (χ1v) is 7.84. The summed E-state index contributed by atoms with van der Waals surface area (Å²) in [6.45, 7) is 7.69. The van der Waals surface area contributed by atoms with Crippen molar-refractivity contribution < 1.29 is 0 Å². The number of piperazine rings is 1. The van der Waals surface area contributed by atoms with Gasteiger partial charge in [0.2, 0.25) is 5.95 Å². The normalized spacial score (nSPS) is 25.2. The molecule has 0 bridgehead atoms. The van der Waals surface area contributed by atoms with Crippen molar-refractivity contribution in [1.82, 2.24) is 14.9 Å². The third-order valence-electron chi connectivity index (χ3n) is 4.49. The molecule has 0 amide bonds. The van der Waals surface area contributed by atoms with E-state index >= 15 is 0 Å². The fourth-order valence-electron chi connectivity index (χ4n) is 3.40. The van der Waals surface area contributed by atoms with E-state index in [0.29, 0.717) is 12.1 Å². The van der Waals surface area contributed by atoms with Crippen molar-refractivity contribution in [2.75, 3.05) is 24.5 Å². The van der Waals surface area contributed by atoms with Crippen LogP contribution >= 0.6 is 0 Å². The van der Waals surface area contributed by atoms with Crippen LogP contribution in [0.25, 0.3) is 0 Å². The van der Waals surface area contributed by atoms with Gasteiger partial charge in [-0.05, 0) is 26.2 Å². The van der Waals surface area contributed by atoms with Gasteiger partial charge >= 0.3 is 0 Å². The van der Waals surface area contributed by atoms with Crippen molar-refractivity contribution >= 4 is 5.95 Å². The average Bonchev–Trinajstić information content (AvgIpc) is 3.07. The van der Waals surface area contributed by atoms with Gasteiger partial charge in [-0.25, -0.2) is 4.98 Å². The Morgan fingerprint density at radius 2 is 2.16 bits per heavy atom. The highest BCUT2D eigenvalue weighted by molar-refractivity contribution is 5.36. The van der Waals surface area contributed by atoms with Crippen LogP contribution in [-0.2, 0) is 6.42 Å². The lowest BCUT2D eigenvalue weighted by Crippen LogP contribution is -2.50. The molecule has 1 N–H and O–H groups in total. The zero-order valence-electron chi connectivity index (χ0n) is 12.2. The first-order chi connectivity index (χ1) is 9.28. The molecule has 1 aromatic heterocycles. The number of imidazole rings is 1. The van der Waals surface area contributed by atoms with Gasteiger partial charge in [0.1, 0.15) is 0 Å². The standard InChI is InChI=1S/C15H26N4/c1-3-13-11-19(14-6-4-5-7-14)15(17-13)18-9-8-16-12(2)10-18/h11-12,14,16H,3-10H2,1-2H3/t12-/m0/s1. The molecule has 1 atom stereocenters. The lowest BCUT2D eigenvalue weighted by atomic mass is 10.2. The van der Waals surface area contributed by atoms with E-state index in [1.54, 1.807) is 0 Å². The summed E-state index contributed by atoms with van der Waals surface area (Å²) >= 11 is 0. The third kappa shape index (κ3) is 2.64. The largest absolute Gasteiger partial charge is 0.339 e. The number of nitrogens with one attached hydrogen (secondary N) is 1. The van der Waals surface area contributed by atoms with E-state index in [9.17, 15) is 0 Å². The second-order valence-corrected chi connectivity index (χ2v) is 6.03. The van der Waals surface area contributed by atoms with E-state index in [1.165, 1.54) is 37.3 Å². The summed E-state index contributed by atoms with van der Waals surface area (Å²) in [5, 5.41) is 3.51. The molecule has 1 saturated carbocycles. The molecule has 4 nitrogen and oxygen atoms in total. The molecule has 0 radical (unpaired) electrons. The molecule has 1 saturated heterocycles. The number of anilines is 1. The molecule has 2 fully saturated rings. The maximum absolute atomic E-state index is 4.89. The molecule has 0 aromatic carbocycles. The van der Waals surface area contributed by atoms with Crippen LogP contribution in [0.15, 0.2) is 6.20 Å². The summed E-state index contributed by atoms with van der Waals surface area (Å²) in [4.78, 5) is 7.36. The van der Waals surface area contributed by atoms with Crippen LogP contribution in [0.3, 0.4) is 0 Å². The lowest BCUT2D eigenvalue weighted by molar-refractivity contribution is 0.457. The number of aryl methyl sites for hydroxylation is 1. The minimum absolute atomic E-state index is 0.563. The predicted molar refractivity (Wildman–Crippen MR) is 78.8 cm³/mol. The maximum Gasteiger partial charge on any atom is 0.206 e. The highest BCUT2D eigenvalue weighted by Gasteiger charge is 2.25. The summed E-state index contributed by atoms with van der Waals surface area (Å²) < 4.78 is 2.48. The molecule has 0 spiro atoms. The number of nitrogens with zero attached hydrogens (tertiary/aromatic N) is 3. The Kier molecular flexibility index (Phi) is 3.78. The van der Waals surface area contributed by atoms with Gasteiger partial charge in [-0.1, -0.05) is 19.8 Å². The van der Waals surface area contributed by atoms with Crippen molar-refractivity contribution in [2.45, 2.75) is 58.0 Å². The van der Waals surface area contributed by atoms with Gasteiger partial charge < -0.3 is 14.8 Å². The zero-order valence-corrected chi connectivity index (χ0v) is 12.2. The molecule has 19 heavy (non-hydrogen) atoms. The molecular weight excluding hydrogens is 236 g/mol. The molecule has 4 heteroatoms. The summed E-state index contributed by atoms with van der Waals surface area (Å²) in [7, 11) is 0. The van der Waals surface area contributed by atoms with Gasteiger partial charge in [0.25, 0.3) is 0 Å². The Hall–Kier alpha value is -1.03. The summed E-state index contributed by atoms with van der Waals surface area (Å²) in [6.07, 6.45) is 8.75. The Labute approximate surface area is 116 Å². The minimum atomic E-state index is 0.563. The summed E-state index contributed by atoms with van der Waals surface area (Å²) in [6, 6.07) is 1.25. The van der Waals surface area contributed by atoms with E-state index in [2.05, 4.69) is 34.8 Å². The quantitative estimate of drug-likeness (QED) is 0.908. The SMILES string of the molecule is CCc1cn(C2CCCC2)c(N2CCN[C@@H](C)C2)n1. The van der Waals surface area contributed by atoms with Gasteiger partial charge in [0, 0.05) is 37.9 Å². The van der Waals surface area contributed by atoms with Crippen LogP contribution in [0.1, 0.15) is 51.3 Å². The molecular formula is C15H26N4. The number of aromatic nitrogens is 2. The van der Waals surface area contributed by atoms with Crippen molar-refractivity contribution in [3.63, 3.8) is 0 Å². The van der Waals surface area contributed by atoms with Crippen LogP contribution in [0.4, 0.5) is 5.95 Å². The summed E-state index contributed by atoms with van der Waals surface area (Å²) in [5.41, 5.74) is 1.24. The first kappa shape index (κ1) is 13.0. The average molecular weight is 262 g/mol. The second kappa shape index (κ2) is 5.53. The molecule has 2 aliphatic rings. The van der Waals surface area contributed by atoms with Crippen molar-refractivity contribution in [2.24, 2.45) is 0 Å². The monoisotopic (exact) mass is 262 g/mol. The number of hydrogen-bond donors (Lipinski definition) is 1. The highest BCUT2D eigenvalue weighted by Crippen LogP contribution is 2.33. The van der Waals surface area contributed by atoms with Gasteiger partial charge in [-0.15, -0.1) is 0 Å². The smallest absolute Gasteiger partial charge is 0.206 e. The predicted octanol–water partition coefficient (Wildman–Crippen LogP) is 2.36. The van der Waals surface area contributed by atoms with E-state index in [1.807, 2.05) is 0 Å². The molecule has 2 heterocycles. The Balaban J connectivity index is 1.87. The number of hydrogen-bond acceptors (Lipinski definition) is 3. The molecule has 106 valence electrons. The van der Waals surface area contributed by atoms with Gasteiger partial charge in [0.15, 0.2) is 0 Å².